The first kappa shape index (κ1) is 28.8. The van der Waals surface area contributed by atoms with Gasteiger partial charge in [-0.1, -0.05) is 26.0 Å². The molecule has 1 atom stereocenters. The van der Waals surface area contributed by atoms with Crippen molar-refractivity contribution < 1.29 is 24.1 Å². The number of fused-ring (bicyclic) bond motifs is 1. The third-order valence-electron chi connectivity index (χ3n) is 6.41. The molecule has 0 saturated carbocycles. The lowest BCUT2D eigenvalue weighted by Gasteiger charge is -2.17. The molecule has 1 aromatic heterocycles. The Labute approximate surface area is 240 Å². The van der Waals surface area contributed by atoms with Gasteiger partial charge in [-0.3, -0.25) is 4.79 Å². The van der Waals surface area contributed by atoms with Gasteiger partial charge in [0.15, 0.2) is 23.4 Å². The maximum absolute atomic E-state index is 13.7. The Balaban J connectivity index is 1.90. The molecule has 0 amide bonds. The van der Waals surface area contributed by atoms with E-state index in [0.29, 0.717) is 32.5 Å². The summed E-state index contributed by atoms with van der Waals surface area (Å²) < 4.78 is 18.4. The van der Waals surface area contributed by atoms with Gasteiger partial charge in [-0.2, -0.15) is 9.78 Å². The Hall–Kier alpha value is -4.18. The summed E-state index contributed by atoms with van der Waals surface area (Å²) in [5.41, 5.74) is 3.45. The zero-order valence-corrected chi connectivity index (χ0v) is 24.6. The van der Waals surface area contributed by atoms with Crippen LogP contribution in [0.2, 0.25) is 0 Å². The normalized spacial score (nSPS) is 12.2. The van der Waals surface area contributed by atoms with E-state index < -0.39 is 12.1 Å². The summed E-state index contributed by atoms with van der Waals surface area (Å²) in [4.78, 5) is 29.8. The lowest BCUT2D eigenvalue weighted by Crippen LogP contribution is -2.23. The number of para-hydroxylation sites is 1. The van der Waals surface area contributed by atoms with Gasteiger partial charge in [-0.05, 0) is 88.8 Å². The fourth-order valence-corrected chi connectivity index (χ4v) is 4.81. The molecule has 208 valence electrons. The van der Waals surface area contributed by atoms with Crippen molar-refractivity contribution in [2.45, 2.75) is 39.7 Å². The number of ether oxygens (including phenoxy) is 3. The lowest BCUT2D eigenvalue weighted by atomic mass is 9.96. The molecule has 0 aliphatic rings. The number of rotatable bonds is 9. The maximum atomic E-state index is 13.7. The van der Waals surface area contributed by atoms with E-state index in [-0.39, 0.29) is 17.2 Å². The molecule has 3 aromatic carbocycles. The molecule has 4 aromatic rings. The van der Waals surface area contributed by atoms with Gasteiger partial charge in [-0.25, -0.2) is 9.78 Å². The summed E-state index contributed by atoms with van der Waals surface area (Å²) in [6.07, 6.45) is 0.430. The van der Waals surface area contributed by atoms with Gasteiger partial charge in [0.25, 0.3) is 5.56 Å². The van der Waals surface area contributed by atoms with Crippen molar-refractivity contribution in [2.24, 2.45) is 5.10 Å². The number of carbonyl (C=O) groups is 1. The first-order valence-electron chi connectivity index (χ1n) is 12.6. The Kier molecular flexibility index (Phi) is 8.58. The molecule has 0 radical (unpaired) electrons. The molecule has 1 N–H and O–H groups in total. The number of halogens is 1. The summed E-state index contributed by atoms with van der Waals surface area (Å²) in [5, 5.41) is 14.2. The largest absolute Gasteiger partial charge is 0.496 e. The van der Waals surface area contributed by atoms with Crippen molar-refractivity contribution in [1.29, 1.82) is 0 Å². The SMILES string of the molecule is COc1cc(C)c(-c2nc3ccccc3c(=O)n2N=Cc2cc(Br)c(O[C@@H](C)C(=O)O)c(OC)c2)cc1C(C)C. The molecule has 0 fully saturated rings. The van der Waals surface area contributed by atoms with Crippen molar-refractivity contribution in [3.8, 4) is 28.6 Å². The summed E-state index contributed by atoms with van der Waals surface area (Å²) in [5.74, 6) is 0.780. The third-order valence-corrected chi connectivity index (χ3v) is 7.00. The standard InChI is InChI=1S/C30H30BrN3O6/c1-16(2)21-14-22(17(3)11-25(21)38-5)28-33-24-10-8-7-9-20(24)29(35)34(28)32-15-19-12-23(31)27(26(13-19)39-6)40-18(4)30(36)37/h7-16,18H,1-6H3,(H,36,37)/t18-/m0/s1. The highest BCUT2D eigenvalue weighted by atomic mass is 79.9. The van der Waals surface area contributed by atoms with Crippen LogP contribution in [0.1, 0.15) is 43.4 Å². The van der Waals surface area contributed by atoms with Crippen molar-refractivity contribution in [2.75, 3.05) is 14.2 Å². The second kappa shape index (κ2) is 11.9. The first-order chi connectivity index (χ1) is 19.0. The Morgan fingerprint density at radius 3 is 2.42 bits per heavy atom. The van der Waals surface area contributed by atoms with E-state index in [9.17, 15) is 14.7 Å². The minimum Gasteiger partial charge on any atom is -0.496 e. The van der Waals surface area contributed by atoms with Crippen LogP contribution < -0.4 is 19.8 Å². The molecular weight excluding hydrogens is 578 g/mol. The summed E-state index contributed by atoms with van der Waals surface area (Å²) in [7, 11) is 3.09. The molecule has 9 nitrogen and oxygen atoms in total. The van der Waals surface area contributed by atoms with Crippen LogP contribution in [0.3, 0.4) is 0 Å². The van der Waals surface area contributed by atoms with E-state index in [1.165, 1.54) is 24.9 Å². The molecule has 40 heavy (non-hydrogen) atoms. The molecule has 0 bridgehead atoms. The van der Waals surface area contributed by atoms with E-state index in [4.69, 9.17) is 19.2 Å². The topological polar surface area (TPSA) is 112 Å². The predicted molar refractivity (Wildman–Crippen MR) is 158 cm³/mol. The van der Waals surface area contributed by atoms with Gasteiger partial charge in [0, 0.05) is 5.56 Å². The van der Waals surface area contributed by atoms with Crippen LogP contribution in [0, 0.1) is 6.92 Å². The van der Waals surface area contributed by atoms with Crippen LogP contribution in [0.4, 0.5) is 0 Å². The maximum Gasteiger partial charge on any atom is 0.344 e. The number of benzene rings is 3. The van der Waals surface area contributed by atoms with Crippen LogP contribution in [-0.2, 0) is 4.79 Å². The van der Waals surface area contributed by atoms with E-state index >= 15 is 0 Å². The smallest absolute Gasteiger partial charge is 0.344 e. The Morgan fingerprint density at radius 1 is 1.07 bits per heavy atom. The van der Waals surface area contributed by atoms with E-state index in [0.717, 1.165) is 22.4 Å². The van der Waals surface area contributed by atoms with Crippen LogP contribution >= 0.6 is 15.9 Å². The molecular formula is C30H30BrN3O6. The van der Waals surface area contributed by atoms with E-state index in [1.807, 2.05) is 25.1 Å². The average Bonchev–Trinajstić information content (AvgIpc) is 2.93. The second-order valence-electron chi connectivity index (χ2n) is 9.51. The summed E-state index contributed by atoms with van der Waals surface area (Å²) in [6, 6.07) is 14.4. The number of aliphatic carboxylic acids is 1. The minimum atomic E-state index is -1.11. The van der Waals surface area contributed by atoms with E-state index in [2.05, 4.69) is 34.9 Å². The van der Waals surface area contributed by atoms with Gasteiger partial charge >= 0.3 is 5.97 Å². The number of hydrogen-bond acceptors (Lipinski definition) is 7. The molecule has 0 saturated heterocycles. The highest BCUT2D eigenvalue weighted by Crippen LogP contribution is 2.37. The molecule has 0 spiro atoms. The van der Waals surface area contributed by atoms with Gasteiger partial charge < -0.3 is 19.3 Å². The highest BCUT2D eigenvalue weighted by Gasteiger charge is 2.20. The molecule has 1 heterocycles. The fraction of sp³-hybridized carbons (Fsp3) is 0.267. The number of aryl methyl sites for hydroxylation is 1. The Bertz CT molecular complexity index is 1680. The van der Waals surface area contributed by atoms with Gasteiger partial charge in [0.05, 0.1) is 35.8 Å². The summed E-state index contributed by atoms with van der Waals surface area (Å²) in [6.45, 7) is 7.52. The Morgan fingerprint density at radius 2 is 1.77 bits per heavy atom. The molecule has 4 rings (SSSR count). The predicted octanol–water partition coefficient (Wildman–Crippen LogP) is 6.01. The number of carboxylic acid groups (broad SMARTS) is 1. The average molecular weight is 608 g/mol. The number of nitrogens with zero attached hydrogens (tertiary/aromatic N) is 3. The number of methoxy groups -OCH3 is 2. The zero-order valence-electron chi connectivity index (χ0n) is 23.1. The molecule has 0 aliphatic heterocycles. The van der Waals surface area contributed by atoms with Crippen molar-refractivity contribution in [3.63, 3.8) is 0 Å². The van der Waals surface area contributed by atoms with Gasteiger partial charge in [0.2, 0.25) is 0 Å². The first-order valence-corrected chi connectivity index (χ1v) is 13.4. The van der Waals surface area contributed by atoms with Crippen LogP contribution in [0.15, 0.2) is 62.9 Å². The summed E-state index contributed by atoms with van der Waals surface area (Å²) >= 11 is 3.43. The number of aromatic nitrogens is 2. The van der Waals surface area contributed by atoms with Crippen molar-refractivity contribution >= 4 is 39.0 Å². The highest BCUT2D eigenvalue weighted by molar-refractivity contribution is 9.10. The monoisotopic (exact) mass is 607 g/mol. The van der Waals surface area contributed by atoms with Crippen LogP contribution in [0.25, 0.3) is 22.3 Å². The molecule has 10 heteroatoms. The van der Waals surface area contributed by atoms with Crippen molar-refractivity contribution in [1.82, 2.24) is 9.66 Å². The van der Waals surface area contributed by atoms with Crippen LogP contribution in [-0.4, -0.2) is 47.3 Å². The second-order valence-corrected chi connectivity index (χ2v) is 10.4. The van der Waals surface area contributed by atoms with Gasteiger partial charge in [-0.15, -0.1) is 0 Å². The van der Waals surface area contributed by atoms with Gasteiger partial charge in [0.1, 0.15) is 5.75 Å². The lowest BCUT2D eigenvalue weighted by molar-refractivity contribution is -0.144. The third kappa shape index (κ3) is 5.72. The fourth-order valence-electron chi connectivity index (χ4n) is 4.25. The quantitative estimate of drug-likeness (QED) is 0.232. The molecule has 0 aliphatic carbocycles. The number of hydrogen-bond donors (Lipinski definition) is 1. The van der Waals surface area contributed by atoms with E-state index in [1.54, 1.807) is 37.4 Å². The van der Waals surface area contributed by atoms with Crippen molar-refractivity contribution in [3.05, 3.63) is 80.0 Å². The van der Waals surface area contributed by atoms with Crippen LogP contribution in [0.5, 0.6) is 17.2 Å². The minimum absolute atomic E-state index is 0.174. The molecule has 0 unspecified atom stereocenters. The zero-order chi connectivity index (χ0) is 29.1. The number of carboxylic acids is 1.